The molecule has 1 aromatic carbocycles. The van der Waals surface area contributed by atoms with Gasteiger partial charge in [0.15, 0.2) is 5.82 Å². The highest BCUT2D eigenvalue weighted by atomic mass is 32.2. The predicted octanol–water partition coefficient (Wildman–Crippen LogP) is 2.17. The van der Waals surface area contributed by atoms with E-state index in [-0.39, 0.29) is 17.5 Å². The first-order valence-electron chi connectivity index (χ1n) is 9.30. The molecule has 1 aromatic heterocycles. The van der Waals surface area contributed by atoms with Gasteiger partial charge in [0, 0.05) is 33.0 Å². The van der Waals surface area contributed by atoms with E-state index in [1.54, 1.807) is 36.7 Å². The van der Waals surface area contributed by atoms with Gasteiger partial charge in [-0.15, -0.1) is 0 Å². The number of piperidine rings is 1. The topological polar surface area (TPSA) is 84.9 Å². The number of hydrogen-bond acceptors (Lipinski definition) is 7. The molecular weight excluding hydrogens is 380 g/mol. The van der Waals surface area contributed by atoms with Gasteiger partial charge in [-0.05, 0) is 44.0 Å². The van der Waals surface area contributed by atoms with Crippen LogP contribution in [0.1, 0.15) is 19.8 Å². The van der Waals surface area contributed by atoms with E-state index in [0.717, 1.165) is 12.8 Å². The van der Waals surface area contributed by atoms with Crippen LogP contribution in [-0.2, 0) is 10.0 Å². The number of rotatable bonds is 7. The Morgan fingerprint density at radius 2 is 1.89 bits per heavy atom. The third kappa shape index (κ3) is 4.53. The lowest BCUT2D eigenvalue weighted by Gasteiger charge is -2.32. The maximum Gasteiger partial charge on any atom is 0.257 e. The summed E-state index contributed by atoms with van der Waals surface area (Å²) in [5.74, 6) is 1.69. The molecule has 0 saturated carbocycles. The molecule has 0 aliphatic carbocycles. The monoisotopic (exact) mass is 406 g/mol. The zero-order valence-corrected chi connectivity index (χ0v) is 17.2. The molecule has 1 atom stereocenters. The number of anilines is 1. The summed E-state index contributed by atoms with van der Waals surface area (Å²) < 4.78 is 38.9. The molecule has 0 radical (unpaired) electrons. The number of ether oxygens (including phenoxy) is 2. The van der Waals surface area contributed by atoms with Crippen molar-refractivity contribution in [3.8, 4) is 11.6 Å². The summed E-state index contributed by atoms with van der Waals surface area (Å²) in [7, 11) is 0.129. The van der Waals surface area contributed by atoms with Gasteiger partial charge in [0.25, 0.3) is 5.88 Å². The second kappa shape index (κ2) is 8.74. The van der Waals surface area contributed by atoms with Crippen LogP contribution in [0.25, 0.3) is 0 Å². The van der Waals surface area contributed by atoms with Crippen LogP contribution in [0.15, 0.2) is 41.6 Å². The van der Waals surface area contributed by atoms with E-state index in [4.69, 9.17) is 9.47 Å². The highest BCUT2D eigenvalue weighted by molar-refractivity contribution is 7.89. The lowest BCUT2D eigenvalue weighted by Crippen LogP contribution is -2.44. The molecule has 28 heavy (non-hydrogen) atoms. The minimum Gasteiger partial charge on any atom is -0.494 e. The quantitative estimate of drug-likeness (QED) is 0.697. The SMILES string of the molecule is CCOc1ccc(S(=O)(=O)N2CCCC(Oc3nccnc3N(C)C)C2)cc1. The summed E-state index contributed by atoms with van der Waals surface area (Å²) in [6, 6.07) is 6.52. The summed E-state index contributed by atoms with van der Waals surface area (Å²) in [6.45, 7) is 3.17. The van der Waals surface area contributed by atoms with Crippen LogP contribution in [0, 0.1) is 0 Å². The van der Waals surface area contributed by atoms with Crippen molar-refractivity contribution in [1.82, 2.24) is 14.3 Å². The Kier molecular flexibility index (Phi) is 6.35. The van der Waals surface area contributed by atoms with E-state index in [1.807, 2.05) is 25.9 Å². The molecule has 2 aromatic rings. The van der Waals surface area contributed by atoms with Gasteiger partial charge in [-0.1, -0.05) is 0 Å². The first kappa shape index (κ1) is 20.3. The summed E-state index contributed by atoms with van der Waals surface area (Å²) >= 11 is 0. The number of hydrogen-bond donors (Lipinski definition) is 0. The van der Waals surface area contributed by atoms with Crippen LogP contribution in [0.2, 0.25) is 0 Å². The van der Waals surface area contributed by atoms with Crippen LogP contribution in [-0.4, -0.2) is 62.6 Å². The lowest BCUT2D eigenvalue weighted by atomic mass is 10.1. The van der Waals surface area contributed by atoms with Gasteiger partial charge < -0.3 is 14.4 Å². The molecule has 0 N–H and O–H groups in total. The van der Waals surface area contributed by atoms with E-state index in [0.29, 0.717) is 30.6 Å². The molecule has 152 valence electrons. The second-order valence-electron chi connectivity index (χ2n) is 6.73. The molecule has 0 amide bonds. The van der Waals surface area contributed by atoms with Crippen molar-refractivity contribution < 1.29 is 17.9 Å². The van der Waals surface area contributed by atoms with E-state index in [1.165, 1.54) is 4.31 Å². The van der Waals surface area contributed by atoms with Crippen LogP contribution < -0.4 is 14.4 Å². The highest BCUT2D eigenvalue weighted by Gasteiger charge is 2.32. The fourth-order valence-electron chi connectivity index (χ4n) is 3.11. The zero-order chi connectivity index (χ0) is 20.1. The third-order valence-corrected chi connectivity index (χ3v) is 6.34. The maximum absolute atomic E-state index is 13.0. The van der Waals surface area contributed by atoms with E-state index in [9.17, 15) is 8.42 Å². The minimum absolute atomic E-state index is 0.255. The fourth-order valence-corrected chi connectivity index (χ4v) is 4.62. The maximum atomic E-state index is 13.0. The first-order chi connectivity index (χ1) is 13.4. The fraction of sp³-hybridized carbons (Fsp3) is 0.474. The highest BCUT2D eigenvalue weighted by Crippen LogP contribution is 2.27. The molecule has 9 heteroatoms. The van der Waals surface area contributed by atoms with Crippen LogP contribution >= 0.6 is 0 Å². The molecule has 2 heterocycles. The largest absolute Gasteiger partial charge is 0.494 e. The Balaban J connectivity index is 1.74. The van der Waals surface area contributed by atoms with Crippen molar-refractivity contribution in [3.05, 3.63) is 36.7 Å². The second-order valence-corrected chi connectivity index (χ2v) is 8.67. The van der Waals surface area contributed by atoms with Crippen molar-refractivity contribution in [2.24, 2.45) is 0 Å². The van der Waals surface area contributed by atoms with Crippen LogP contribution in [0.4, 0.5) is 5.82 Å². The predicted molar refractivity (Wildman–Crippen MR) is 106 cm³/mol. The molecule has 8 nitrogen and oxygen atoms in total. The van der Waals surface area contributed by atoms with Gasteiger partial charge in [-0.25, -0.2) is 18.4 Å². The van der Waals surface area contributed by atoms with Crippen molar-refractivity contribution in [2.45, 2.75) is 30.8 Å². The van der Waals surface area contributed by atoms with Gasteiger partial charge in [0.1, 0.15) is 11.9 Å². The Morgan fingerprint density at radius 3 is 2.57 bits per heavy atom. The summed E-state index contributed by atoms with van der Waals surface area (Å²) in [6.07, 6.45) is 4.38. The van der Waals surface area contributed by atoms with Crippen molar-refractivity contribution in [3.63, 3.8) is 0 Å². The van der Waals surface area contributed by atoms with Gasteiger partial charge in [0.05, 0.1) is 18.0 Å². The summed E-state index contributed by atoms with van der Waals surface area (Å²) in [5, 5.41) is 0. The van der Waals surface area contributed by atoms with Crippen molar-refractivity contribution >= 4 is 15.8 Å². The number of benzene rings is 1. The number of aromatic nitrogens is 2. The summed E-state index contributed by atoms with van der Waals surface area (Å²) in [4.78, 5) is 10.6. The molecule has 0 spiro atoms. The van der Waals surface area contributed by atoms with E-state index < -0.39 is 10.0 Å². The summed E-state index contributed by atoms with van der Waals surface area (Å²) in [5.41, 5.74) is 0. The Morgan fingerprint density at radius 1 is 1.18 bits per heavy atom. The number of nitrogens with zero attached hydrogens (tertiary/aromatic N) is 4. The van der Waals surface area contributed by atoms with Crippen LogP contribution in [0.5, 0.6) is 11.6 Å². The Bertz CT molecular complexity index is 887. The van der Waals surface area contributed by atoms with Gasteiger partial charge in [0.2, 0.25) is 10.0 Å². The molecule has 1 fully saturated rings. The minimum atomic E-state index is -3.59. The first-order valence-corrected chi connectivity index (χ1v) is 10.7. The average Bonchev–Trinajstić information content (AvgIpc) is 2.69. The standard InChI is InChI=1S/C19H26N4O4S/c1-4-26-15-7-9-17(10-8-15)28(24,25)23-13-5-6-16(14-23)27-19-18(22(2)3)20-11-12-21-19/h7-12,16H,4-6,13-14H2,1-3H3. The van der Waals surface area contributed by atoms with Gasteiger partial charge in [-0.2, -0.15) is 4.31 Å². The molecule has 1 saturated heterocycles. The molecule has 1 aliphatic heterocycles. The van der Waals surface area contributed by atoms with E-state index in [2.05, 4.69) is 9.97 Å². The molecule has 3 rings (SSSR count). The molecule has 1 unspecified atom stereocenters. The zero-order valence-electron chi connectivity index (χ0n) is 16.4. The molecule has 1 aliphatic rings. The Hall–Kier alpha value is -2.39. The molecular formula is C19H26N4O4S. The van der Waals surface area contributed by atoms with Crippen LogP contribution in [0.3, 0.4) is 0 Å². The smallest absolute Gasteiger partial charge is 0.257 e. The average molecular weight is 407 g/mol. The van der Waals surface area contributed by atoms with Crippen molar-refractivity contribution in [2.75, 3.05) is 38.7 Å². The number of sulfonamides is 1. The molecule has 0 bridgehead atoms. The normalized spacial score (nSPS) is 17.9. The van der Waals surface area contributed by atoms with Gasteiger partial charge >= 0.3 is 0 Å². The van der Waals surface area contributed by atoms with Gasteiger partial charge in [-0.3, -0.25) is 0 Å². The Labute approximate surface area is 166 Å². The van der Waals surface area contributed by atoms with E-state index >= 15 is 0 Å². The third-order valence-electron chi connectivity index (χ3n) is 4.46. The van der Waals surface area contributed by atoms with Crippen molar-refractivity contribution in [1.29, 1.82) is 0 Å². The lowest BCUT2D eigenvalue weighted by molar-refractivity contribution is 0.125.